The van der Waals surface area contributed by atoms with Crippen LogP contribution in [0.4, 0.5) is 0 Å². The van der Waals surface area contributed by atoms with Crippen molar-refractivity contribution in [3.8, 4) is 0 Å². The van der Waals surface area contributed by atoms with Gasteiger partial charge in [-0.3, -0.25) is 0 Å². The summed E-state index contributed by atoms with van der Waals surface area (Å²) in [6.07, 6.45) is 6.14. The van der Waals surface area contributed by atoms with Crippen molar-refractivity contribution in [1.82, 2.24) is 14.2 Å². The Labute approximate surface area is 127 Å². The standard InChI is InChI=1S/C15H25N3O2S/c1-12-5-7-18(8-6-12)21(19,20)15-9-14(17(2)11-15)10-16-13-3-4-13/h9,11-13,16H,3-8,10H2,1-2H3. The number of piperidine rings is 1. The lowest BCUT2D eigenvalue weighted by Gasteiger charge is -2.29. The van der Waals surface area contributed by atoms with E-state index in [2.05, 4.69) is 12.2 Å². The molecule has 1 aromatic rings. The maximum absolute atomic E-state index is 12.7. The van der Waals surface area contributed by atoms with E-state index in [0.717, 1.165) is 25.1 Å². The summed E-state index contributed by atoms with van der Waals surface area (Å²) < 4.78 is 29.0. The molecule has 0 bridgehead atoms. The van der Waals surface area contributed by atoms with Crippen molar-refractivity contribution in [1.29, 1.82) is 0 Å². The average molecular weight is 311 g/mol. The largest absolute Gasteiger partial charge is 0.352 e. The Morgan fingerprint density at radius 1 is 1.24 bits per heavy atom. The Morgan fingerprint density at radius 3 is 2.52 bits per heavy atom. The maximum Gasteiger partial charge on any atom is 0.244 e. The van der Waals surface area contributed by atoms with Crippen molar-refractivity contribution in [2.45, 2.75) is 50.1 Å². The molecule has 2 heterocycles. The minimum Gasteiger partial charge on any atom is -0.352 e. The van der Waals surface area contributed by atoms with Gasteiger partial charge in [-0.05, 0) is 37.7 Å². The normalized spacial score (nSPS) is 21.8. The molecule has 0 spiro atoms. The number of nitrogens with one attached hydrogen (secondary N) is 1. The molecule has 5 nitrogen and oxygen atoms in total. The van der Waals surface area contributed by atoms with Crippen LogP contribution in [0.25, 0.3) is 0 Å². The van der Waals surface area contributed by atoms with E-state index in [-0.39, 0.29) is 0 Å². The molecular weight excluding hydrogens is 286 g/mol. The number of hydrogen-bond donors (Lipinski definition) is 1. The third kappa shape index (κ3) is 3.33. The van der Waals surface area contributed by atoms with E-state index in [1.165, 1.54) is 12.8 Å². The van der Waals surface area contributed by atoms with Crippen molar-refractivity contribution >= 4 is 10.0 Å². The van der Waals surface area contributed by atoms with Crippen LogP contribution in [0, 0.1) is 5.92 Å². The number of sulfonamides is 1. The molecule has 0 atom stereocenters. The summed E-state index contributed by atoms with van der Waals surface area (Å²) in [6.45, 7) is 4.23. The lowest BCUT2D eigenvalue weighted by atomic mass is 10.0. The quantitative estimate of drug-likeness (QED) is 0.900. The highest BCUT2D eigenvalue weighted by Crippen LogP contribution is 2.25. The van der Waals surface area contributed by atoms with Crippen LogP contribution < -0.4 is 5.32 Å². The number of aryl methyl sites for hydroxylation is 1. The first-order valence-electron chi connectivity index (χ1n) is 7.85. The molecule has 0 unspecified atom stereocenters. The molecule has 2 aliphatic rings. The van der Waals surface area contributed by atoms with Gasteiger partial charge in [-0.2, -0.15) is 4.31 Å². The lowest BCUT2D eigenvalue weighted by molar-refractivity contribution is 0.288. The summed E-state index contributed by atoms with van der Waals surface area (Å²) in [4.78, 5) is 0.437. The molecule has 2 fully saturated rings. The molecule has 3 rings (SSSR count). The Balaban J connectivity index is 1.73. The highest BCUT2D eigenvalue weighted by atomic mass is 32.2. The molecule has 118 valence electrons. The number of hydrogen-bond acceptors (Lipinski definition) is 3. The monoisotopic (exact) mass is 311 g/mol. The third-order valence-corrected chi connectivity index (χ3v) is 6.48. The van der Waals surface area contributed by atoms with Crippen LogP contribution in [0.3, 0.4) is 0 Å². The van der Waals surface area contributed by atoms with Gasteiger partial charge in [-0.25, -0.2) is 8.42 Å². The molecule has 21 heavy (non-hydrogen) atoms. The molecule has 1 saturated heterocycles. The molecule has 0 aromatic carbocycles. The SMILES string of the molecule is CC1CCN(S(=O)(=O)c2cc(CNC3CC3)n(C)c2)CC1. The zero-order valence-corrected chi connectivity index (χ0v) is 13.7. The van der Waals surface area contributed by atoms with E-state index in [1.54, 1.807) is 10.5 Å². The number of aromatic nitrogens is 1. The van der Waals surface area contributed by atoms with Crippen molar-refractivity contribution in [2.75, 3.05) is 13.1 Å². The second-order valence-electron chi connectivity index (χ2n) is 6.52. The van der Waals surface area contributed by atoms with Crippen LogP contribution in [0.2, 0.25) is 0 Å². The minimum atomic E-state index is -3.33. The van der Waals surface area contributed by atoms with Crippen LogP contribution in [-0.2, 0) is 23.6 Å². The van der Waals surface area contributed by atoms with E-state index in [4.69, 9.17) is 0 Å². The second kappa shape index (κ2) is 5.74. The Hall–Kier alpha value is -0.850. The third-order valence-electron chi connectivity index (χ3n) is 4.61. The fraction of sp³-hybridized carbons (Fsp3) is 0.733. The predicted molar refractivity (Wildman–Crippen MR) is 82.4 cm³/mol. The van der Waals surface area contributed by atoms with Gasteiger partial charge < -0.3 is 9.88 Å². The summed E-state index contributed by atoms with van der Waals surface area (Å²) >= 11 is 0. The molecular formula is C15H25N3O2S. The van der Waals surface area contributed by atoms with E-state index >= 15 is 0 Å². The number of nitrogens with zero attached hydrogens (tertiary/aromatic N) is 2. The Bertz CT molecular complexity index is 596. The van der Waals surface area contributed by atoms with E-state index in [9.17, 15) is 8.42 Å². The highest BCUT2D eigenvalue weighted by Gasteiger charge is 2.29. The second-order valence-corrected chi connectivity index (χ2v) is 8.46. The van der Waals surface area contributed by atoms with Crippen molar-refractivity contribution in [3.63, 3.8) is 0 Å². The summed E-state index contributed by atoms with van der Waals surface area (Å²) in [5.41, 5.74) is 1.03. The predicted octanol–water partition coefficient (Wildman–Crippen LogP) is 1.70. The fourth-order valence-electron chi connectivity index (χ4n) is 2.80. The van der Waals surface area contributed by atoms with Gasteiger partial charge in [-0.1, -0.05) is 6.92 Å². The van der Waals surface area contributed by atoms with Crippen LogP contribution in [0.15, 0.2) is 17.2 Å². The summed E-state index contributed by atoms with van der Waals surface area (Å²) in [5.74, 6) is 0.630. The lowest BCUT2D eigenvalue weighted by Crippen LogP contribution is -2.37. The van der Waals surface area contributed by atoms with Gasteiger partial charge >= 0.3 is 0 Å². The molecule has 1 aliphatic heterocycles. The van der Waals surface area contributed by atoms with Gasteiger partial charge in [0.1, 0.15) is 4.90 Å². The summed E-state index contributed by atoms with van der Waals surface area (Å²) in [5, 5.41) is 3.43. The fourth-order valence-corrected chi connectivity index (χ4v) is 4.37. The van der Waals surface area contributed by atoms with Gasteiger partial charge in [0.15, 0.2) is 0 Å². The van der Waals surface area contributed by atoms with E-state index < -0.39 is 10.0 Å². The van der Waals surface area contributed by atoms with E-state index in [0.29, 0.717) is 29.9 Å². The average Bonchev–Trinajstić information content (AvgIpc) is 3.19. The smallest absolute Gasteiger partial charge is 0.244 e. The van der Waals surface area contributed by atoms with Gasteiger partial charge in [0, 0.05) is 44.6 Å². The van der Waals surface area contributed by atoms with Crippen molar-refractivity contribution in [2.24, 2.45) is 13.0 Å². The first-order chi connectivity index (χ1) is 9.96. The Kier molecular flexibility index (Phi) is 4.12. The van der Waals surface area contributed by atoms with Gasteiger partial charge in [0.05, 0.1) is 0 Å². The highest BCUT2D eigenvalue weighted by molar-refractivity contribution is 7.89. The van der Waals surface area contributed by atoms with E-state index in [1.807, 2.05) is 17.7 Å². The topological polar surface area (TPSA) is 54.3 Å². The van der Waals surface area contributed by atoms with Crippen LogP contribution in [0.5, 0.6) is 0 Å². The minimum absolute atomic E-state index is 0.437. The first-order valence-corrected chi connectivity index (χ1v) is 9.29. The van der Waals surface area contributed by atoms with Crippen LogP contribution in [-0.4, -0.2) is 36.4 Å². The molecule has 0 radical (unpaired) electrons. The van der Waals surface area contributed by atoms with Crippen LogP contribution in [0.1, 0.15) is 38.3 Å². The van der Waals surface area contributed by atoms with Gasteiger partial charge in [0.2, 0.25) is 10.0 Å². The molecule has 0 amide bonds. The Morgan fingerprint density at radius 2 is 1.90 bits per heavy atom. The zero-order chi connectivity index (χ0) is 15.0. The van der Waals surface area contributed by atoms with Crippen molar-refractivity contribution in [3.05, 3.63) is 18.0 Å². The zero-order valence-electron chi connectivity index (χ0n) is 12.9. The van der Waals surface area contributed by atoms with Crippen LogP contribution >= 0.6 is 0 Å². The number of rotatable bonds is 5. The molecule has 1 aliphatic carbocycles. The van der Waals surface area contributed by atoms with Crippen molar-refractivity contribution < 1.29 is 8.42 Å². The summed E-state index contributed by atoms with van der Waals surface area (Å²) in [7, 11) is -1.41. The molecule has 1 aromatic heterocycles. The maximum atomic E-state index is 12.7. The molecule has 6 heteroatoms. The summed E-state index contributed by atoms with van der Waals surface area (Å²) in [6, 6.07) is 2.45. The first kappa shape index (κ1) is 15.1. The molecule has 1 saturated carbocycles. The van der Waals surface area contributed by atoms with Gasteiger partial charge in [-0.15, -0.1) is 0 Å². The molecule has 1 N–H and O–H groups in total. The van der Waals surface area contributed by atoms with Gasteiger partial charge in [0.25, 0.3) is 0 Å².